The maximum atomic E-state index is 11.7. The highest BCUT2D eigenvalue weighted by Gasteiger charge is 2.54. The minimum atomic E-state index is -1.67. The summed E-state index contributed by atoms with van der Waals surface area (Å²) in [7, 11) is 0. The summed E-state index contributed by atoms with van der Waals surface area (Å²) >= 11 is 1.83. The maximum absolute atomic E-state index is 11.7. The van der Waals surface area contributed by atoms with Gasteiger partial charge in [-0.05, 0) is 5.53 Å². The van der Waals surface area contributed by atoms with Gasteiger partial charge in [-0.2, -0.15) is 0 Å². The van der Waals surface area contributed by atoms with Crippen LogP contribution in [0, 0.1) is 0 Å². The van der Waals surface area contributed by atoms with Crippen LogP contribution in [-0.4, -0.2) is 42.1 Å². The first kappa shape index (κ1) is 15.0. The molecule has 11 heteroatoms. The second-order valence-corrected chi connectivity index (χ2v) is 4.89. The Morgan fingerprint density at radius 3 is 2.85 bits per heavy atom. The molecule has 4 atom stereocenters. The first-order chi connectivity index (χ1) is 9.45. The molecular weight excluding hydrogens is 385 g/mol. The third kappa shape index (κ3) is 2.33. The number of aliphatic hydroxyl groups is 2. The number of alkyl halides is 1. The summed E-state index contributed by atoms with van der Waals surface area (Å²) in [6.45, 7) is 0. The van der Waals surface area contributed by atoms with E-state index in [-0.39, 0.29) is 4.43 Å². The van der Waals surface area contributed by atoms with E-state index in [0.29, 0.717) is 0 Å². The van der Waals surface area contributed by atoms with Crippen LogP contribution in [0.4, 0.5) is 0 Å². The van der Waals surface area contributed by atoms with Crippen molar-refractivity contribution in [1.29, 1.82) is 0 Å². The average molecular weight is 395 g/mol. The Balaban J connectivity index is 2.47. The largest absolute Gasteiger partial charge is 0.387 e. The molecule has 0 amide bonds. The van der Waals surface area contributed by atoms with Gasteiger partial charge in [-0.1, -0.05) is 27.7 Å². The van der Waals surface area contributed by atoms with E-state index in [4.69, 9.17) is 10.3 Å². The quantitative estimate of drug-likeness (QED) is 0.202. The van der Waals surface area contributed by atoms with Crippen LogP contribution >= 0.6 is 22.6 Å². The van der Waals surface area contributed by atoms with Crippen LogP contribution in [0.25, 0.3) is 10.4 Å². The van der Waals surface area contributed by atoms with Crippen LogP contribution in [0.1, 0.15) is 6.23 Å². The number of azide groups is 1. The molecule has 2 heterocycles. The molecule has 1 aliphatic rings. The fraction of sp³-hybridized carbons (Fsp3) is 0.556. The maximum Gasteiger partial charge on any atom is 0.330 e. The van der Waals surface area contributed by atoms with Crippen molar-refractivity contribution in [2.75, 3.05) is 4.43 Å². The third-order valence-electron chi connectivity index (χ3n) is 2.93. The van der Waals surface area contributed by atoms with Crippen molar-refractivity contribution in [3.05, 3.63) is 43.5 Å². The summed E-state index contributed by atoms with van der Waals surface area (Å²) in [5.41, 5.74) is 5.46. The van der Waals surface area contributed by atoms with Gasteiger partial charge in [-0.15, -0.1) is 0 Å². The summed E-state index contributed by atoms with van der Waals surface area (Å²) in [4.78, 5) is 27.3. The van der Waals surface area contributed by atoms with Crippen LogP contribution < -0.4 is 11.2 Å². The fourth-order valence-corrected chi connectivity index (χ4v) is 2.70. The lowest BCUT2D eigenvalue weighted by molar-refractivity contribution is -0.0854. The number of ether oxygens (including phenoxy) is 1. The van der Waals surface area contributed by atoms with E-state index in [9.17, 15) is 19.8 Å². The lowest BCUT2D eigenvalue weighted by Crippen LogP contribution is -2.42. The third-order valence-corrected chi connectivity index (χ3v) is 4.03. The van der Waals surface area contributed by atoms with Crippen molar-refractivity contribution in [3.63, 3.8) is 0 Å². The Morgan fingerprint density at radius 2 is 2.30 bits per heavy atom. The zero-order chi connectivity index (χ0) is 14.9. The molecule has 2 rings (SSSR count). The lowest BCUT2D eigenvalue weighted by atomic mass is 10.1. The fourth-order valence-electron chi connectivity index (χ4n) is 1.92. The van der Waals surface area contributed by atoms with Crippen molar-refractivity contribution < 1.29 is 14.9 Å². The molecule has 0 saturated carbocycles. The summed E-state index contributed by atoms with van der Waals surface area (Å²) < 4.78 is 6.37. The predicted octanol–water partition coefficient (Wildman–Crippen LogP) is -0.771. The van der Waals surface area contributed by atoms with Gasteiger partial charge in [0.25, 0.3) is 5.56 Å². The summed E-state index contributed by atoms with van der Waals surface area (Å²) in [5.74, 6) is 0. The second kappa shape index (κ2) is 5.54. The van der Waals surface area contributed by atoms with Crippen LogP contribution in [0.3, 0.4) is 0 Å². The molecule has 0 radical (unpaired) electrons. The first-order valence-electron chi connectivity index (χ1n) is 5.43. The van der Waals surface area contributed by atoms with E-state index in [2.05, 4.69) is 10.0 Å². The number of aromatic amines is 1. The number of H-pyrrole nitrogens is 1. The molecule has 1 saturated heterocycles. The molecule has 0 spiro atoms. The van der Waals surface area contributed by atoms with Crippen molar-refractivity contribution in [2.45, 2.75) is 24.2 Å². The summed E-state index contributed by atoms with van der Waals surface area (Å²) in [6, 6.07) is 1.07. The molecule has 1 aliphatic heterocycles. The smallest absolute Gasteiger partial charge is 0.330 e. The van der Waals surface area contributed by atoms with E-state index in [1.807, 2.05) is 27.6 Å². The van der Waals surface area contributed by atoms with Crippen molar-refractivity contribution in [1.82, 2.24) is 9.55 Å². The van der Waals surface area contributed by atoms with Gasteiger partial charge in [0.1, 0.15) is 12.2 Å². The minimum Gasteiger partial charge on any atom is -0.387 e. The Labute approximate surface area is 124 Å². The van der Waals surface area contributed by atoms with Crippen LogP contribution in [0.5, 0.6) is 0 Å². The van der Waals surface area contributed by atoms with Gasteiger partial charge < -0.3 is 14.9 Å². The number of nitrogens with zero attached hydrogens (tertiary/aromatic N) is 4. The monoisotopic (exact) mass is 395 g/mol. The lowest BCUT2D eigenvalue weighted by Gasteiger charge is -2.23. The molecule has 10 nitrogen and oxygen atoms in total. The molecule has 20 heavy (non-hydrogen) atoms. The SMILES string of the molecule is [N-]=[N+]=N[C@]1(CI)O[C@@H](n2ccc(=O)[nH]c2=O)[C@H](O)[C@@H]1O. The Hall–Kier alpha value is -1.40. The zero-order valence-corrected chi connectivity index (χ0v) is 12.0. The Bertz CT molecular complexity index is 667. The molecule has 1 aromatic heterocycles. The number of aliphatic hydroxyl groups excluding tert-OH is 2. The highest BCUT2D eigenvalue weighted by molar-refractivity contribution is 14.1. The zero-order valence-electron chi connectivity index (χ0n) is 9.88. The van der Waals surface area contributed by atoms with Crippen molar-refractivity contribution in [3.8, 4) is 0 Å². The van der Waals surface area contributed by atoms with Gasteiger partial charge in [0, 0.05) is 21.6 Å². The molecule has 1 fully saturated rings. The Morgan fingerprint density at radius 1 is 1.60 bits per heavy atom. The molecule has 0 unspecified atom stereocenters. The molecule has 108 valence electrons. The van der Waals surface area contributed by atoms with E-state index >= 15 is 0 Å². The highest BCUT2D eigenvalue weighted by atomic mass is 127. The Kier molecular flexibility index (Phi) is 4.15. The van der Waals surface area contributed by atoms with Crippen LogP contribution in [0.2, 0.25) is 0 Å². The van der Waals surface area contributed by atoms with Gasteiger partial charge in [-0.3, -0.25) is 14.3 Å². The highest BCUT2D eigenvalue weighted by Crippen LogP contribution is 2.38. The number of hydrogen-bond donors (Lipinski definition) is 3. The number of rotatable bonds is 3. The number of halogens is 1. The van der Waals surface area contributed by atoms with E-state index in [1.165, 1.54) is 0 Å². The molecule has 3 N–H and O–H groups in total. The molecular formula is C9H10IN5O5. The number of nitrogens with one attached hydrogen (secondary N) is 1. The molecule has 0 aliphatic carbocycles. The van der Waals surface area contributed by atoms with Gasteiger partial charge in [-0.25, -0.2) is 4.79 Å². The van der Waals surface area contributed by atoms with E-state index in [0.717, 1.165) is 16.8 Å². The average Bonchev–Trinajstić information content (AvgIpc) is 2.65. The van der Waals surface area contributed by atoms with Gasteiger partial charge in [0.05, 0.1) is 0 Å². The van der Waals surface area contributed by atoms with Gasteiger partial charge >= 0.3 is 5.69 Å². The van der Waals surface area contributed by atoms with Gasteiger partial charge in [0.15, 0.2) is 12.0 Å². The first-order valence-corrected chi connectivity index (χ1v) is 6.95. The summed E-state index contributed by atoms with van der Waals surface area (Å²) in [5, 5.41) is 23.4. The standard InChI is InChI=1S/C9H10IN5O5/c10-3-9(13-14-11)6(18)5(17)7(20-9)15-2-1-4(16)12-8(15)19/h1-2,5-7,17-18H,3H2,(H,12,16,19)/t5-,6+,7-,9-/m1/s1. The number of aromatic nitrogens is 2. The van der Waals surface area contributed by atoms with Crippen LogP contribution in [-0.2, 0) is 4.74 Å². The van der Waals surface area contributed by atoms with Crippen molar-refractivity contribution in [2.24, 2.45) is 5.11 Å². The normalized spacial score (nSPS) is 32.9. The second-order valence-electron chi connectivity index (χ2n) is 4.13. The topological polar surface area (TPSA) is 153 Å². The van der Waals surface area contributed by atoms with E-state index in [1.54, 1.807) is 0 Å². The van der Waals surface area contributed by atoms with Crippen LogP contribution in [0.15, 0.2) is 27.0 Å². The molecule has 0 aromatic carbocycles. The van der Waals surface area contributed by atoms with Gasteiger partial charge in [0.2, 0.25) is 0 Å². The predicted molar refractivity (Wildman–Crippen MR) is 74.2 cm³/mol. The molecule has 1 aromatic rings. The van der Waals surface area contributed by atoms with E-state index < -0.39 is 35.4 Å². The molecule has 0 bridgehead atoms. The minimum absolute atomic E-state index is 0.0711. The summed E-state index contributed by atoms with van der Waals surface area (Å²) in [6.07, 6.45) is -3.13. The van der Waals surface area contributed by atoms with Crippen molar-refractivity contribution >= 4 is 22.6 Å². The number of hydrogen-bond acceptors (Lipinski definition) is 6.